The van der Waals surface area contributed by atoms with E-state index in [-0.39, 0.29) is 12.2 Å². The van der Waals surface area contributed by atoms with Crippen LogP contribution in [0.2, 0.25) is 0 Å². The van der Waals surface area contributed by atoms with Gasteiger partial charge in [-0.05, 0) is 17.7 Å². The van der Waals surface area contributed by atoms with Crippen molar-refractivity contribution >= 4 is 11.0 Å². The molecular weight excluding hydrogens is 309 g/mol. The maximum Gasteiger partial charge on any atom is 0.418 e. The van der Waals surface area contributed by atoms with Gasteiger partial charge in [-0.25, -0.2) is 0 Å². The molecule has 3 rings (SSSR count). The fraction of sp³-hybridized carbons (Fsp3) is 0.200. The third-order valence-electron chi connectivity index (χ3n) is 3.43. The molecule has 0 fully saturated rings. The molecule has 0 unspecified atom stereocenters. The highest BCUT2D eigenvalue weighted by molar-refractivity contribution is 5.74. The van der Waals surface area contributed by atoms with E-state index in [1.165, 1.54) is 6.20 Å². The van der Waals surface area contributed by atoms with Crippen LogP contribution in [0.15, 0.2) is 53.8 Å². The summed E-state index contributed by atoms with van der Waals surface area (Å²) in [6, 6.07) is 5.37. The molecule has 0 spiro atoms. The van der Waals surface area contributed by atoms with E-state index in [1.54, 1.807) is 30.6 Å². The smallest absolute Gasteiger partial charge is 0.418 e. The molecule has 8 heteroatoms. The van der Waals surface area contributed by atoms with Crippen molar-refractivity contribution in [1.82, 2.24) is 20.6 Å². The van der Waals surface area contributed by atoms with E-state index >= 15 is 0 Å². The number of aromatic nitrogens is 2. The molecule has 2 heterocycles. The second-order valence-electron chi connectivity index (χ2n) is 5.00. The van der Waals surface area contributed by atoms with Gasteiger partial charge in [0.1, 0.15) is 5.76 Å². The molecule has 120 valence electrons. The molecule has 0 aliphatic carbocycles. The minimum atomic E-state index is -4.57. The van der Waals surface area contributed by atoms with Crippen LogP contribution in [0.5, 0.6) is 0 Å². The zero-order valence-electron chi connectivity index (χ0n) is 11.9. The van der Waals surface area contributed by atoms with Crippen LogP contribution in [0.3, 0.4) is 0 Å². The van der Waals surface area contributed by atoms with Crippen LogP contribution in [0, 0.1) is 0 Å². The van der Waals surface area contributed by atoms with Gasteiger partial charge in [0, 0.05) is 31.7 Å². The van der Waals surface area contributed by atoms with E-state index in [9.17, 15) is 18.3 Å². The molecule has 0 saturated heterocycles. The van der Waals surface area contributed by atoms with Gasteiger partial charge in [0.25, 0.3) is 0 Å². The van der Waals surface area contributed by atoms with Crippen LogP contribution >= 0.6 is 0 Å². The quantitative estimate of drug-likeness (QED) is 0.810. The van der Waals surface area contributed by atoms with Gasteiger partial charge in [-0.15, -0.1) is 0 Å². The maximum atomic E-state index is 12.8. The van der Waals surface area contributed by atoms with Crippen LogP contribution in [0.4, 0.5) is 13.2 Å². The molecule has 0 amide bonds. The number of alkyl halides is 3. The zero-order valence-corrected chi connectivity index (χ0v) is 11.9. The Labute approximate surface area is 129 Å². The molecule has 1 aromatic carbocycles. The Morgan fingerprint density at radius 2 is 1.91 bits per heavy atom. The van der Waals surface area contributed by atoms with Crippen molar-refractivity contribution in [2.45, 2.75) is 12.7 Å². The average molecular weight is 322 g/mol. The molecule has 3 N–H and O–H groups in total. The summed E-state index contributed by atoms with van der Waals surface area (Å²) >= 11 is 0. The van der Waals surface area contributed by atoms with Crippen LogP contribution in [0.25, 0.3) is 11.0 Å². The number of benzene rings is 1. The Hall–Kier alpha value is -2.77. The second-order valence-corrected chi connectivity index (χ2v) is 5.00. The third-order valence-corrected chi connectivity index (χ3v) is 3.43. The van der Waals surface area contributed by atoms with Gasteiger partial charge in [0.2, 0.25) is 0 Å². The number of aliphatic hydroxyl groups is 1. The number of fused-ring (bicyclic) bond motifs is 1. The molecule has 1 aliphatic rings. The minimum Gasteiger partial charge on any atom is -0.505 e. The van der Waals surface area contributed by atoms with E-state index in [2.05, 4.69) is 20.6 Å². The molecular formula is C15H13F3N4O. The van der Waals surface area contributed by atoms with Crippen molar-refractivity contribution in [1.29, 1.82) is 0 Å². The number of hydrogen-bond acceptors (Lipinski definition) is 5. The lowest BCUT2D eigenvalue weighted by Crippen LogP contribution is -2.31. The Morgan fingerprint density at radius 1 is 1.17 bits per heavy atom. The predicted molar refractivity (Wildman–Crippen MR) is 78.2 cm³/mol. The van der Waals surface area contributed by atoms with Crippen molar-refractivity contribution in [3.63, 3.8) is 0 Å². The van der Waals surface area contributed by atoms with Crippen molar-refractivity contribution in [3.8, 4) is 0 Å². The Balaban J connectivity index is 1.77. The fourth-order valence-corrected chi connectivity index (χ4v) is 2.26. The summed E-state index contributed by atoms with van der Waals surface area (Å²) in [6.07, 6.45) is -0.0974. The van der Waals surface area contributed by atoms with Crippen molar-refractivity contribution in [2.24, 2.45) is 0 Å². The van der Waals surface area contributed by atoms with E-state index in [0.29, 0.717) is 5.52 Å². The number of halogens is 3. The van der Waals surface area contributed by atoms with E-state index in [0.717, 1.165) is 11.1 Å². The van der Waals surface area contributed by atoms with Gasteiger partial charge in [-0.1, -0.05) is 6.07 Å². The van der Waals surface area contributed by atoms with E-state index < -0.39 is 24.1 Å². The molecule has 0 saturated carbocycles. The molecule has 0 atom stereocenters. The van der Waals surface area contributed by atoms with Crippen LogP contribution < -0.4 is 10.6 Å². The Bertz CT molecular complexity index is 799. The van der Waals surface area contributed by atoms with Crippen molar-refractivity contribution in [2.75, 3.05) is 6.54 Å². The number of nitrogens with zero attached hydrogens (tertiary/aromatic N) is 2. The highest BCUT2D eigenvalue weighted by Crippen LogP contribution is 2.30. The number of hydrogen-bond donors (Lipinski definition) is 3. The van der Waals surface area contributed by atoms with Gasteiger partial charge >= 0.3 is 6.18 Å². The van der Waals surface area contributed by atoms with Gasteiger partial charge in [0.15, 0.2) is 0 Å². The lowest BCUT2D eigenvalue weighted by molar-refractivity contribution is -0.0956. The molecule has 1 aliphatic heterocycles. The summed E-state index contributed by atoms with van der Waals surface area (Å²) in [5.74, 6) is -0.781. The first-order valence-corrected chi connectivity index (χ1v) is 6.82. The first-order valence-electron chi connectivity index (χ1n) is 6.82. The van der Waals surface area contributed by atoms with Gasteiger partial charge in [-0.3, -0.25) is 9.97 Å². The molecule has 1 aromatic heterocycles. The molecule has 5 nitrogen and oxygen atoms in total. The van der Waals surface area contributed by atoms with Gasteiger partial charge < -0.3 is 15.7 Å². The summed E-state index contributed by atoms with van der Waals surface area (Å²) < 4.78 is 38.3. The number of dihydropyridines is 1. The predicted octanol–water partition coefficient (Wildman–Crippen LogP) is 2.54. The lowest BCUT2D eigenvalue weighted by atomic mass is 10.1. The normalized spacial score (nSPS) is 15.3. The molecule has 23 heavy (non-hydrogen) atoms. The molecule has 0 radical (unpaired) electrons. The number of rotatable bonds is 3. The molecule has 2 aromatic rings. The summed E-state index contributed by atoms with van der Waals surface area (Å²) in [5, 5.41) is 15.1. The fourth-order valence-electron chi connectivity index (χ4n) is 2.26. The first kappa shape index (κ1) is 15.1. The molecule has 0 bridgehead atoms. The topological polar surface area (TPSA) is 70.1 Å². The highest BCUT2D eigenvalue weighted by Gasteiger charge is 2.38. The van der Waals surface area contributed by atoms with Crippen molar-refractivity contribution in [3.05, 3.63) is 59.4 Å². The highest BCUT2D eigenvalue weighted by atomic mass is 19.4. The standard InChI is InChI=1S/C15H13F3N4O/c16-15(17,18)10-7-19-8-13(14(10)23)22-6-9-1-2-11-12(5-9)21-4-3-20-11/h1-5,8,19,22-23H,6-7H2. The van der Waals surface area contributed by atoms with E-state index in [1.807, 2.05) is 0 Å². The average Bonchev–Trinajstić information content (AvgIpc) is 2.52. The van der Waals surface area contributed by atoms with Crippen LogP contribution in [0.1, 0.15) is 5.56 Å². The minimum absolute atomic E-state index is 0.00261. The summed E-state index contributed by atoms with van der Waals surface area (Å²) in [4.78, 5) is 8.32. The SMILES string of the molecule is OC1=C(C(F)(F)F)CNC=C1NCc1ccc2nccnc2c1. The maximum absolute atomic E-state index is 12.8. The second kappa shape index (κ2) is 5.79. The van der Waals surface area contributed by atoms with Crippen LogP contribution in [-0.2, 0) is 6.54 Å². The van der Waals surface area contributed by atoms with E-state index in [4.69, 9.17) is 0 Å². The van der Waals surface area contributed by atoms with Gasteiger partial charge in [0.05, 0.1) is 22.3 Å². The van der Waals surface area contributed by atoms with Crippen LogP contribution in [-0.4, -0.2) is 27.8 Å². The largest absolute Gasteiger partial charge is 0.505 e. The Kier molecular flexibility index (Phi) is 3.81. The summed E-state index contributed by atoms with van der Waals surface area (Å²) in [5.41, 5.74) is 1.25. The lowest BCUT2D eigenvalue weighted by Gasteiger charge is -2.21. The summed E-state index contributed by atoms with van der Waals surface area (Å²) in [6.45, 7) is -0.207. The third kappa shape index (κ3) is 3.20. The number of aliphatic hydroxyl groups excluding tert-OH is 1. The van der Waals surface area contributed by atoms with Gasteiger partial charge in [-0.2, -0.15) is 13.2 Å². The summed E-state index contributed by atoms with van der Waals surface area (Å²) in [7, 11) is 0. The Morgan fingerprint density at radius 3 is 2.65 bits per heavy atom. The number of nitrogens with one attached hydrogen (secondary N) is 2. The monoisotopic (exact) mass is 322 g/mol. The zero-order chi connectivity index (χ0) is 16.4. The first-order chi connectivity index (χ1) is 10.9. The van der Waals surface area contributed by atoms with Crippen molar-refractivity contribution < 1.29 is 18.3 Å².